The van der Waals surface area contributed by atoms with Crippen LogP contribution in [-0.4, -0.2) is 59.3 Å². The van der Waals surface area contributed by atoms with Crippen molar-refractivity contribution < 1.29 is 32.2 Å². The predicted octanol–water partition coefficient (Wildman–Crippen LogP) is 3.48. The van der Waals surface area contributed by atoms with Gasteiger partial charge in [-0.2, -0.15) is 13.2 Å². The fourth-order valence-electron chi connectivity index (χ4n) is 4.26. The summed E-state index contributed by atoms with van der Waals surface area (Å²) in [5, 5.41) is 0. The maximum Gasteiger partial charge on any atom is 0.416 e. The zero-order chi connectivity index (χ0) is 23.8. The first-order valence-corrected chi connectivity index (χ1v) is 10.8. The Balaban J connectivity index is 1.75. The number of aromatic nitrogens is 1. The number of cyclic esters (lactones) is 1. The average molecular weight is 457 g/mol. The number of carbonyl (C=O) groups is 2. The van der Waals surface area contributed by atoms with Gasteiger partial charge in [0.25, 0.3) is 0 Å². The Kier molecular flexibility index (Phi) is 6.74. The second kappa shape index (κ2) is 8.88. The Morgan fingerprint density at radius 3 is 2.53 bits per heavy atom. The number of amides is 1. The molecule has 0 N–H and O–H groups in total. The molecule has 3 rings (SSSR count). The molecule has 3 heterocycles. The number of ether oxygens (including phenoxy) is 2. The number of alkyl halides is 3. The molecule has 2 aliphatic rings. The number of piperazine rings is 1. The van der Waals surface area contributed by atoms with Gasteiger partial charge in [0.1, 0.15) is 5.82 Å². The number of nitrogens with zero attached hydrogens (tertiary/aromatic N) is 3. The van der Waals surface area contributed by atoms with E-state index in [1.54, 1.807) is 23.6 Å². The largest absolute Gasteiger partial charge is 0.432 e. The highest BCUT2D eigenvalue weighted by atomic mass is 19.4. The summed E-state index contributed by atoms with van der Waals surface area (Å²) in [6.07, 6.45) is -3.83. The van der Waals surface area contributed by atoms with Crippen molar-refractivity contribution in [3.8, 4) is 0 Å². The molecule has 1 aromatic rings. The number of anilines is 1. The smallest absolute Gasteiger partial charge is 0.416 e. The molecule has 1 aromatic heterocycles. The van der Waals surface area contributed by atoms with Crippen LogP contribution in [0.5, 0.6) is 0 Å². The normalized spacial score (nSPS) is 24.6. The summed E-state index contributed by atoms with van der Waals surface area (Å²) in [7, 11) is 0. The molecule has 2 aliphatic heterocycles. The molecule has 1 unspecified atom stereocenters. The van der Waals surface area contributed by atoms with E-state index in [2.05, 4.69) is 4.98 Å². The summed E-state index contributed by atoms with van der Waals surface area (Å²) in [6.45, 7) is 9.99. The fourth-order valence-corrected chi connectivity index (χ4v) is 4.26. The Labute approximate surface area is 185 Å². The quantitative estimate of drug-likeness (QED) is 0.631. The maximum atomic E-state index is 13.5. The molecule has 1 amide bonds. The molecule has 3 atom stereocenters. The molecular weight excluding hydrogens is 427 g/mol. The standard InChI is InChI=1S/C22H30F3N3O4/c1-13(2)10-16(18-20(30)32-21(4,5)31-18)19(29)28-9-8-27(12-14(28)3)17-11-15(6-7-26-17)22(23,24)25/h6-7,11,13-14,16,18H,8-10,12H2,1-5H3/t14?,16-,18-/m0/s1. The second-order valence-electron chi connectivity index (χ2n) is 9.32. The molecule has 0 aliphatic carbocycles. The summed E-state index contributed by atoms with van der Waals surface area (Å²) in [6, 6.07) is 1.68. The summed E-state index contributed by atoms with van der Waals surface area (Å²) < 4.78 is 50.2. The van der Waals surface area contributed by atoms with E-state index >= 15 is 0 Å². The highest BCUT2D eigenvalue weighted by Gasteiger charge is 2.49. The number of halogens is 3. The van der Waals surface area contributed by atoms with Crippen LogP contribution in [0.4, 0.5) is 19.0 Å². The number of hydrogen-bond acceptors (Lipinski definition) is 6. The van der Waals surface area contributed by atoms with Crippen LogP contribution in [0.15, 0.2) is 18.3 Å². The van der Waals surface area contributed by atoms with Crippen molar-refractivity contribution in [2.24, 2.45) is 11.8 Å². The van der Waals surface area contributed by atoms with Crippen LogP contribution in [-0.2, 0) is 25.2 Å². The van der Waals surface area contributed by atoms with E-state index in [9.17, 15) is 22.8 Å². The van der Waals surface area contributed by atoms with Crippen molar-refractivity contribution in [3.63, 3.8) is 0 Å². The number of rotatable bonds is 5. The van der Waals surface area contributed by atoms with E-state index in [-0.39, 0.29) is 23.7 Å². The third kappa shape index (κ3) is 5.33. The van der Waals surface area contributed by atoms with Gasteiger partial charge in [-0.05, 0) is 31.4 Å². The molecular formula is C22H30F3N3O4. The molecule has 32 heavy (non-hydrogen) atoms. The minimum atomic E-state index is -4.45. The molecule has 178 valence electrons. The fraction of sp³-hybridized carbons (Fsp3) is 0.682. The van der Waals surface area contributed by atoms with Crippen molar-refractivity contribution in [2.75, 3.05) is 24.5 Å². The summed E-state index contributed by atoms with van der Waals surface area (Å²) in [5.74, 6) is -2.16. The topological polar surface area (TPSA) is 72.0 Å². The maximum absolute atomic E-state index is 13.5. The molecule has 0 bridgehead atoms. The molecule has 0 aromatic carbocycles. The first kappa shape index (κ1) is 24.3. The SMILES string of the molecule is CC(C)C[C@H](C(=O)N1CCN(c2cc(C(F)(F)F)ccn2)CC1C)[C@@H]1OC(C)(C)OC1=O. The van der Waals surface area contributed by atoms with Crippen LogP contribution in [0.2, 0.25) is 0 Å². The van der Waals surface area contributed by atoms with Crippen molar-refractivity contribution in [3.05, 3.63) is 23.9 Å². The Morgan fingerprint density at radius 2 is 2.00 bits per heavy atom. The molecule has 0 saturated carbocycles. The molecule has 2 saturated heterocycles. The van der Waals surface area contributed by atoms with Gasteiger partial charge >= 0.3 is 12.1 Å². The van der Waals surface area contributed by atoms with E-state index in [1.165, 1.54) is 0 Å². The van der Waals surface area contributed by atoms with Crippen LogP contribution >= 0.6 is 0 Å². The lowest BCUT2D eigenvalue weighted by molar-refractivity contribution is -0.163. The van der Waals surface area contributed by atoms with Crippen molar-refractivity contribution in [2.45, 2.75) is 65.1 Å². The van der Waals surface area contributed by atoms with Crippen LogP contribution in [0.1, 0.15) is 46.6 Å². The number of esters is 1. The van der Waals surface area contributed by atoms with Crippen molar-refractivity contribution in [1.82, 2.24) is 9.88 Å². The van der Waals surface area contributed by atoms with Crippen LogP contribution in [0, 0.1) is 11.8 Å². The van der Waals surface area contributed by atoms with Gasteiger partial charge in [0.05, 0.1) is 11.5 Å². The van der Waals surface area contributed by atoms with E-state index in [1.807, 2.05) is 20.8 Å². The van der Waals surface area contributed by atoms with Gasteiger partial charge in [0, 0.05) is 45.7 Å². The highest BCUT2D eigenvalue weighted by Crippen LogP contribution is 2.34. The van der Waals surface area contributed by atoms with Crippen molar-refractivity contribution >= 4 is 17.7 Å². The van der Waals surface area contributed by atoms with Crippen LogP contribution in [0.25, 0.3) is 0 Å². The second-order valence-corrected chi connectivity index (χ2v) is 9.32. The number of hydrogen-bond donors (Lipinski definition) is 0. The number of carbonyl (C=O) groups excluding carboxylic acids is 2. The molecule has 0 spiro atoms. The monoisotopic (exact) mass is 457 g/mol. The first-order valence-electron chi connectivity index (χ1n) is 10.8. The highest BCUT2D eigenvalue weighted by molar-refractivity contribution is 5.88. The van der Waals surface area contributed by atoms with Gasteiger partial charge in [0.15, 0.2) is 6.10 Å². The minimum Gasteiger partial charge on any atom is -0.432 e. The lowest BCUT2D eigenvalue weighted by Gasteiger charge is -2.42. The van der Waals surface area contributed by atoms with Crippen molar-refractivity contribution in [1.29, 1.82) is 0 Å². The Bertz CT molecular complexity index is 859. The van der Waals surface area contributed by atoms with Gasteiger partial charge < -0.3 is 19.3 Å². The predicted molar refractivity (Wildman–Crippen MR) is 111 cm³/mol. The molecule has 2 fully saturated rings. The minimum absolute atomic E-state index is 0.148. The van der Waals surface area contributed by atoms with E-state index in [0.29, 0.717) is 26.1 Å². The molecule has 7 nitrogen and oxygen atoms in total. The zero-order valence-corrected chi connectivity index (χ0v) is 19.0. The molecule has 10 heteroatoms. The van der Waals surface area contributed by atoms with Gasteiger partial charge in [-0.25, -0.2) is 9.78 Å². The van der Waals surface area contributed by atoms with Gasteiger partial charge in [-0.3, -0.25) is 4.79 Å². The van der Waals surface area contributed by atoms with Gasteiger partial charge in [-0.15, -0.1) is 0 Å². The summed E-state index contributed by atoms with van der Waals surface area (Å²) in [5.41, 5.74) is -0.759. The summed E-state index contributed by atoms with van der Waals surface area (Å²) >= 11 is 0. The summed E-state index contributed by atoms with van der Waals surface area (Å²) in [4.78, 5) is 33.4. The van der Waals surface area contributed by atoms with E-state index in [4.69, 9.17) is 9.47 Å². The van der Waals surface area contributed by atoms with Gasteiger partial charge in [0.2, 0.25) is 11.7 Å². The molecule has 0 radical (unpaired) electrons. The van der Waals surface area contributed by atoms with Gasteiger partial charge in [-0.1, -0.05) is 13.8 Å². The van der Waals surface area contributed by atoms with Crippen LogP contribution in [0.3, 0.4) is 0 Å². The average Bonchev–Trinajstić information content (AvgIpc) is 2.97. The van der Waals surface area contributed by atoms with Crippen LogP contribution < -0.4 is 4.90 Å². The Hall–Kier alpha value is -2.36. The first-order chi connectivity index (χ1) is 14.8. The third-order valence-corrected chi connectivity index (χ3v) is 5.70. The third-order valence-electron chi connectivity index (χ3n) is 5.70. The Morgan fingerprint density at radius 1 is 1.31 bits per heavy atom. The lowest BCUT2D eigenvalue weighted by atomic mass is 9.90. The van der Waals surface area contributed by atoms with E-state index < -0.39 is 35.5 Å². The zero-order valence-electron chi connectivity index (χ0n) is 19.0. The number of pyridine rings is 1. The lowest BCUT2D eigenvalue weighted by Crippen LogP contribution is -2.57. The van der Waals surface area contributed by atoms with E-state index in [0.717, 1.165) is 18.3 Å².